The van der Waals surface area contributed by atoms with Crippen LogP contribution in [0.15, 0.2) is 48.5 Å². The monoisotopic (exact) mass is 438 g/mol. The van der Waals surface area contributed by atoms with E-state index in [1.807, 2.05) is 48.5 Å². The van der Waals surface area contributed by atoms with Crippen LogP contribution in [0, 0.1) is 0 Å². The highest BCUT2D eigenvalue weighted by molar-refractivity contribution is 5.98. The van der Waals surface area contributed by atoms with E-state index in [-0.39, 0.29) is 24.5 Å². The van der Waals surface area contributed by atoms with Crippen molar-refractivity contribution in [1.82, 2.24) is 9.80 Å². The molecule has 0 spiro atoms. The van der Waals surface area contributed by atoms with E-state index in [0.717, 1.165) is 16.0 Å². The molecule has 0 saturated carbocycles. The predicted octanol–water partition coefficient (Wildman–Crippen LogP) is 2.79. The third-order valence-corrected chi connectivity index (χ3v) is 5.76. The summed E-state index contributed by atoms with van der Waals surface area (Å²) in [5, 5.41) is 0. The molecule has 0 aromatic heterocycles. The van der Waals surface area contributed by atoms with Crippen molar-refractivity contribution in [2.75, 3.05) is 26.8 Å². The molecule has 2 aromatic rings. The van der Waals surface area contributed by atoms with E-state index in [2.05, 4.69) is 0 Å². The molecular weight excluding hydrogens is 412 g/mol. The fourth-order valence-corrected chi connectivity index (χ4v) is 4.03. The third-order valence-electron chi connectivity index (χ3n) is 5.76. The molecule has 2 fully saturated rings. The Morgan fingerprint density at radius 3 is 2.62 bits per heavy atom. The van der Waals surface area contributed by atoms with Crippen molar-refractivity contribution in [3.63, 3.8) is 0 Å². The van der Waals surface area contributed by atoms with Gasteiger partial charge in [0.2, 0.25) is 5.91 Å². The second-order valence-electron chi connectivity index (χ2n) is 7.86. The summed E-state index contributed by atoms with van der Waals surface area (Å²) in [5.74, 6) is 0.930. The molecule has 0 aliphatic carbocycles. The number of hydrogen-bond acceptors (Lipinski definition) is 6. The summed E-state index contributed by atoms with van der Waals surface area (Å²) < 4.78 is 16.1. The number of hydrogen-bond donors (Lipinski definition) is 0. The van der Waals surface area contributed by atoms with E-state index in [9.17, 15) is 14.4 Å². The third kappa shape index (κ3) is 4.85. The van der Waals surface area contributed by atoms with Crippen LogP contribution in [0.1, 0.15) is 24.0 Å². The lowest BCUT2D eigenvalue weighted by Crippen LogP contribution is -2.42. The number of ether oxygens (including phenoxy) is 3. The van der Waals surface area contributed by atoms with Crippen molar-refractivity contribution < 1.29 is 28.6 Å². The first-order valence-corrected chi connectivity index (χ1v) is 10.7. The van der Waals surface area contributed by atoms with E-state index in [4.69, 9.17) is 14.2 Å². The van der Waals surface area contributed by atoms with Crippen LogP contribution in [-0.2, 0) is 27.4 Å². The van der Waals surface area contributed by atoms with Gasteiger partial charge in [0, 0.05) is 19.5 Å². The Kier molecular flexibility index (Phi) is 6.58. The Morgan fingerprint density at radius 2 is 1.91 bits per heavy atom. The molecule has 0 N–H and O–H groups in total. The summed E-state index contributed by atoms with van der Waals surface area (Å²) >= 11 is 0. The lowest BCUT2D eigenvalue weighted by molar-refractivity contribution is -0.131. The number of aryl methyl sites for hydroxylation is 1. The largest absolute Gasteiger partial charge is 0.493 e. The molecule has 4 rings (SSSR count). The fourth-order valence-electron chi connectivity index (χ4n) is 4.03. The highest BCUT2D eigenvalue weighted by Gasteiger charge is 2.41. The van der Waals surface area contributed by atoms with E-state index < -0.39 is 6.09 Å². The Balaban J connectivity index is 1.32. The number of imide groups is 1. The van der Waals surface area contributed by atoms with Crippen LogP contribution in [0.4, 0.5) is 4.79 Å². The summed E-state index contributed by atoms with van der Waals surface area (Å²) in [6.45, 7) is 1.09. The Bertz CT molecular complexity index is 977. The summed E-state index contributed by atoms with van der Waals surface area (Å²) in [6, 6.07) is 15.2. The molecule has 8 nitrogen and oxygen atoms in total. The maximum atomic E-state index is 12.7. The van der Waals surface area contributed by atoms with Crippen LogP contribution in [0.3, 0.4) is 0 Å². The average molecular weight is 438 g/mol. The van der Waals surface area contributed by atoms with Gasteiger partial charge >= 0.3 is 6.09 Å². The smallest absolute Gasteiger partial charge is 0.417 e. The van der Waals surface area contributed by atoms with E-state index in [0.29, 0.717) is 50.5 Å². The van der Waals surface area contributed by atoms with Gasteiger partial charge in [-0.05, 0) is 36.1 Å². The van der Waals surface area contributed by atoms with Crippen molar-refractivity contribution in [3.8, 4) is 11.5 Å². The van der Waals surface area contributed by atoms with Crippen molar-refractivity contribution in [1.29, 1.82) is 0 Å². The Hall–Kier alpha value is -3.55. The summed E-state index contributed by atoms with van der Waals surface area (Å²) in [7, 11) is 1.60. The highest BCUT2D eigenvalue weighted by Crippen LogP contribution is 2.29. The molecule has 2 aliphatic rings. The lowest BCUT2D eigenvalue weighted by atomic mass is 10.1. The van der Waals surface area contributed by atoms with Crippen LogP contribution in [0.5, 0.6) is 11.5 Å². The van der Waals surface area contributed by atoms with Gasteiger partial charge in [0.05, 0.1) is 13.2 Å². The van der Waals surface area contributed by atoms with E-state index in [1.165, 1.54) is 0 Å². The average Bonchev–Trinajstić information content (AvgIpc) is 3.43. The molecule has 168 valence electrons. The second-order valence-corrected chi connectivity index (χ2v) is 7.86. The second kappa shape index (κ2) is 9.72. The molecule has 3 amide bonds. The van der Waals surface area contributed by atoms with Crippen molar-refractivity contribution in [2.24, 2.45) is 0 Å². The highest BCUT2D eigenvalue weighted by atomic mass is 16.6. The first-order valence-electron chi connectivity index (χ1n) is 10.7. The van der Waals surface area contributed by atoms with Crippen LogP contribution in [0.25, 0.3) is 0 Å². The zero-order chi connectivity index (χ0) is 22.5. The van der Waals surface area contributed by atoms with Gasteiger partial charge in [0.1, 0.15) is 6.61 Å². The maximum absolute atomic E-state index is 12.7. The van der Waals surface area contributed by atoms with Crippen LogP contribution < -0.4 is 9.47 Å². The van der Waals surface area contributed by atoms with Gasteiger partial charge in [-0.15, -0.1) is 0 Å². The normalized spacial score (nSPS) is 18.1. The Morgan fingerprint density at radius 1 is 1.09 bits per heavy atom. The van der Waals surface area contributed by atoms with Gasteiger partial charge in [-0.1, -0.05) is 36.4 Å². The van der Waals surface area contributed by atoms with E-state index in [1.54, 1.807) is 12.0 Å². The molecule has 2 aliphatic heterocycles. The molecule has 1 atom stereocenters. The van der Waals surface area contributed by atoms with Crippen LogP contribution >= 0.6 is 0 Å². The zero-order valence-corrected chi connectivity index (χ0v) is 18.0. The Labute approximate surface area is 186 Å². The lowest BCUT2D eigenvalue weighted by Gasteiger charge is -2.20. The van der Waals surface area contributed by atoms with Gasteiger partial charge in [-0.25, -0.2) is 9.69 Å². The fraction of sp³-hybridized carbons (Fsp3) is 0.375. The molecule has 0 unspecified atom stereocenters. The minimum absolute atomic E-state index is 0.00455. The van der Waals surface area contributed by atoms with Crippen molar-refractivity contribution in [2.45, 2.75) is 31.9 Å². The van der Waals surface area contributed by atoms with Gasteiger partial charge in [0.15, 0.2) is 18.1 Å². The first kappa shape index (κ1) is 21.7. The molecule has 2 aromatic carbocycles. The first-order chi connectivity index (χ1) is 15.5. The van der Waals surface area contributed by atoms with Crippen LogP contribution in [0.2, 0.25) is 0 Å². The number of benzene rings is 2. The number of methoxy groups -OCH3 is 1. The zero-order valence-electron chi connectivity index (χ0n) is 18.0. The summed E-state index contributed by atoms with van der Waals surface area (Å²) in [4.78, 5) is 39.2. The molecular formula is C24H26N2O6. The number of cyclic esters (lactones) is 1. The van der Waals surface area contributed by atoms with Gasteiger partial charge in [-0.2, -0.15) is 0 Å². The van der Waals surface area contributed by atoms with Crippen molar-refractivity contribution in [3.05, 3.63) is 59.7 Å². The quantitative estimate of drug-likeness (QED) is 0.630. The standard InChI is InChI=1S/C24H26N2O6/c1-30-20-9-7-17(13-21(20)31-15-18-5-3-2-4-6-18)8-10-22(27)25-12-11-19(14-25)26-23(28)16-32-24(26)29/h2-7,9,13,19H,8,10-12,14-16H2,1H3/t19-/m1/s1. The number of rotatable bonds is 8. The molecule has 2 saturated heterocycles. The number of carbonyl (C=O) groups excluding carboxylic acids is 3. The minimum Gasteiger partial charge on any atom is -0.493 e. The van der Waals surface area contributed by atoms with Crippen LogP contribution in [-0.4, -0.2) is 60.6 Å². The molecule has 0 radical (unpaired) electrons. The number of likely N-dealkylation sites (tertiary alicyclic amines) is 1. The molecule has 0 bridgehead atoms. The summed E-state index contributed by atoms with van der Waals surface area (Å²) in [5.41, 5.74) is 2.02. The van der Waals surface area contributed by atoms with Gasteiger partial charge in [0.25, 0.3) is 5.91 Å². The predicted molar refractivity (Wildman–Crippen MR) is 115 cm³/mol. The topological polar surface area (TPSA) is 85.4 Å². The van der Waals surface area contributed by atoms with Gasteiger partial charge in [-0.3, -0.25) is 9.59 Å². The minimum atomic E-state index is -0.615. The molecule has 8 heteroatoms. The summed E-state index contributed by atoms with van der Waals surface area (Å²) in [6.07, 6.45) is 0.842. The van der Waals surface area contributed by atoms with Gasteiger partial charge < -0.3 is 19.1 Å². The SMILES string of the molecule is COc1ccc(CCC(=O)N2CC[C@@H](N3C(=O)COC3=O)C2)cc1OCc1ccccc1. The maximum Gasteiger partial charge on any atom is 0.417 e. The number of amides is 3. The number of nitrogens with zero attached hydrogens (tertiary/aromatic N) is 2. The van der Waals surface area contributed by atoms with Crippen molar-refractivity contribution >= 4 is 17.9 Å². The molecule has 32 heavy (non-hydrogen) atoms. The van der Waals surface area contributed by atoms with E-state index >= 15 is 0 Å². The number of carbonyl (C=O) groups is 3. The molecule has 2 heterocycles.